The molecule has 3 N–H and O–H groups in total. The van der Waals surface area contributed by atoms with Gasteiger partial charge in [0.25, 0.3) is 0 Å². The number of aliphatic hydroxyl groups is 1. The third-order valence-corrected chi connectivity index (χ3v) is 19.4. The Labute approximate surface area is 562 Å². The van der Waals surface area contributed by atoms with E-state index >= 15 is 0 Å². The number of carbonyl (C=O) groups is 4. The van der Waals surface area contributed by atoms with E-state index in [9.17, 15) is 43.2 Å². The summed E-state index contributed by atoms with van der Waals surface area (Å²) < 4.78 is 68.4. The predicted octanol–water partition coefficient (Wildman–Crippen LogP) is 20.9. The first kappa shape index (κ1) is 90.1. The summed E-state index contributed by atoms with van der Waals surface area (Å²) in [6.45, 7) is 14.1. The van der Waals surface area contributed by atoms with E-state index < -0.39 is 97.5 Å². The molecule has 0 fully saturated rings. The fourth-order valence-electron chi connectivity index (χ4n) is 11.0. The molecule has 546 valence electrons. The molecule has 0 aliphatic heterocycles. The van der Waals surface area contributed by atoms with Crippen LogP contribution in [0.25, 0.3) is 0 Å². The van der Waals surface area contributed by atoms with Crippen molar-refractivity contribution in [3.8, 4) is 0 Å². The van der Waals surface area contributed by atoms with Crippen LogP contribution in [0, 0.1) is 23.7 Å². The summed E-state index contributed by atoms with van der Waals surface area (Å²) in [4.78, 5) is 72.6. The first-order chi connectivity index (χ1) is 44.2. The number of phosphoric ester groups is 2. The van der Waals surface area contributed by atoms with Gasteiger partial charge in [-0.1, -0.05) is 312 Å². The van der Waals surface area contributed by atoms with E-state index in [1.807, 2.05) is 0 Å². The van der Waals surface area contributed by atoms with Gasteiger partial charge in [-0.15, -0.1) is 0 Å². The Kier molecular flexibility index (Phi) is 61.3. The Hall–Kier alpha value is -1.94. The zero-order valence-electron chi connectivity index (χ0n) is 60.2. The van der Waals surface area contributed by atoms with Crippen molar-refractivity contribution in [3.63, 3.8) is 0 Å². The maximum atomic E-state index is 13.1. The average Bonchev–Trinajstić information content (AvgIpc) is 2.58. The van der Waals surface area contributed by atoms with Crippen LogP contribution in [0.3, 0.4) is 0 Å². The highest BCUT2D eigenvalue weighted by Gasteiger charge is 2.30. The minimum atomic E-state index is -4.96. The number of unbranched alkanes of at least 4 members (excludes halogenated alkanes) is 34. The summed E-state index contributed by atoms with van der Waals surface area (Å²) >= 11 is 0. The van der Waals surface area contributed by atoms with Crippen LogP contribution in [-0.4, -0.2) is 96.7 Å². The summed E-state index contributed by atoms with van der Waals surface area (Å²) in [5.41, 5.74) is 0. The fourth-order valence-corrected chi connectivity index (χ4v) is 12.5. The van der Waals surface area contributed by atoms with Crippen LogP contribution in [0.4, 0.5) is 0 Å². The second-order valence-corrected chi connectivity index (χ2v) is 30.7. The molecule has 0 aliphatic carbocycles. The lowest BCUT2D eigenvalue weighted by molar-refractivity contribution is -0.161. The SMILES string of the molecule is CCC(C)CCCCCCCCCCCCC(=O)O[C@H](COC(=O)CCCCCCCCCCCCCCCCC(C)C)COP(=O)(O)OC[C@@H](O)COP(=O)(O)OC[C@@H](COC(=O)CCCCCCCCC(C)C)OC(=O)CCCCCCCCCCC(C)CC. The summed E-state index contributed by atoms with van der Waals surface area (Å²) in [7, 11) is -9.91. The molecule has 92 heavy (non-hydrogen) atoms. The first-order valence-electron chi connectivity index (χ1n) is 37.8. The molecule has 0 bridgehead atoms. The molecule has 0 rings (SSSR count). The molecule has 0 aromatic carbocycles. The number of rotatable bonds is 70. The van der Waals surface area contributed by atoms with Crippen molar-refractivity contribution in [2.45, 2.75) is 382 Å². The number of esters is 4. The summed E-state index contributed by atoms with van der Waals surface area (Å²) in [6.07, 6.45) is 45.8. The second-order valence-electron chi connectivity index (χ2n) is 27.8. The van der Waals surface area contributed by atoms with E-state index in [0.717, 1.165) is 114 Å². The maximum Gasteiger partial charge on any atom is 0.472 e. The number of carbonyl (C=O) groups excluding carboxylic acids is 4. The molecule has 0 aromatic heterocycles. The second kappa shape index (κ2) is 62.6. The lowest BCUT2D eigenvalue weighted by atomic mass is 9.99. The molecule has 17 nitrogen and oxygen atoms in total. The van der Waals surface area contributed by atoms with Gasteiger partial charge < -0.3 is 33.8 Å². The molecular formula is C73H142O17P2. The number of hydrogen-bond donors (Lipinski definition) is 3. The van der Waals surface area contributed by atoms with Gasteiger partial charge in [0, 0.05) is 25.7 Å². The number of ether oxygens (including phenoxy) is 4. The average molecular weight is 1350 g/mol. The summed E-state index contributed by atoms with van der Waals surface area (Å²) in [6, 6.07) is 0. The van der Waals surface area contributed by atoms with E-state index in [0.29, 0.717) is 31.6 Å². The Morgan fingerprint density at radius 3 is 0.772 bits per heavy atom. The van der Waals surface area contributed by atoms with Crippen molar-refractivity contribution in [1.29, 1.82) is 0 Å². The van der Waals surface area contributed by atoms with Crippen LogP contribution in [-0.2, 0) is 65.4 Å². The minimum absolute atomic E-state index is 0.103. The topological polar surface area (TPSA) is 237 Å². The number of aliphatic hydroxyl groups excluding tert-OH is 1. The van der Waals surface area contributed by atoms with Crippen LogP contribution in [0.5, 0.6) is 0 Å². The lowest BCUT2D eigenvalue weighted by Gasteiger charge is -2.21. The van der Waals surface area contributed by atoms with Gasteiger partial charge in [0.2, 0.25) is 0 Å². The van der Waals surface area contributed by atoms with Crippen LogP contribution in [0.2, 0.25) is 0 Å². The van der Waals surface area contributed by atoms with Crippen LogP contribution >= 0.6 is 15.6 Å². The van der Waals surface area contributed by atoms with Crippen molar-refractivity contribution < 1.29 is 80.2 Å². The van der Waals surface area contributed by atoms with Crippen molar-refractivity contribution in [2.24, 2.45) is 23.7 Å². The van der Waals surface area contributed by atoms with E-state index in [1.165, 1.54) is 161 Å². The lowest BCUT2D eigenvalue weighted by Crippen LogP contribution is -2.30. The standard InChI is InChI=1S/C73H142O17P2/c1-9-65(7)51-43-35-26-20-17-18-22-29-39-47-55-72(77)89-68(59-83-70(75)53-45-37-28-21-16-14-12-11-13-15-19-25-33-41-49-63(3)4)61-87-91(79,80)85-57-67(74)58-86-92(81,82)88-62-69(60-84-71(76)54-46-38-32-31-34-42-50-64(5)6)90-73(78)56-48-40-30-24-23-27-36-44-52-66(8)10-2/h63-69,74H,9-62H2,1-8H3,(H,79,80)(H,81,82)/t65?,66?,67-,68-,69-/m1/s1. The van der Waals surface area contributed by atoms with E-state index in [1.54, 1.807) is 0 Å². The molecular weight excluding hydrogens is 1210 g/mol. The molecule has 0 aromatic rings. The van der Waals surface area contributed by atoms with E-state index in [-0.39, 0.29) is 25.7 Å². The highest BCUT2D eigenvalue weighted by molar-refractivity contribution is 7.47. The fraction of sp³-hybridized carbons (Fsp3) is 0.945. The molecule has 0 saturated heterocycles. The molecule has 0 heterocycles. The number of phosphoric acid groups is 2. The Morgan fingerprint density at radius 1 is 0.304 bits per heavy atom. The molecule has 0 aliphatic rings. The number of hydrogen-bond acceptors (Lipinski definition) is 15. The summed E-state index contributed by atoms with van der Waals surface area (Å²) in [5.74, 6) is 0.923. The van der Waals surface area contributed by atoms with Crippen molar-refractivity contribution in [3.05, 3.63) is 0 Å². The van der Waals surface area contributed by atoms with Crippen LogP contribution < -0.4 is 0 Å². The Morgan fingerprint density at radius 2 is 0.522 bits per heavy atom. The van der Waals surface area contributed by atoms with E-state index in [2.05, 4.69) is 55.4 Å². The monoisotopic (exact) mass is 1350 g/mol. The largest absolute Gasteiger partial charge is 0.472 e. The van der Waals surface area contributed by atoms with Gasteiger partial charge in [0.1, 0.15) is 19.3 Å². The Bertz CT molecular complexity index is 1820. The smallest absolute Gasteiger partial charge is 0.462 e. The Balaban J connectivity index is 5.24. The van der Waals surface area contributed by atoms with Crippen molar-refractivity contribution >= 4 is 39.5 Å². The van der Waals surface area contributed by atoms with Crippen LogP contribution in [0.1, 0.15) is 364 Å². The van der Waals surface area contributed by atoms with Gasteiger partial charge in [-0.3, -0.25) is 37.3 Å². The van der Waals surface area contributed by atoms with Gasteiger partial charge in [-0.25, -0.2) is 9.13 Å². The van der Waals surface area contributed by atoms with Crippen LogP contribution in [0.15, 0.2) is 0 Å². The van der Waals surface area contributed by atoms with Gasteiger partial charge in [0.05, 0.1) is 26.4 Å². The van der Waals surface area contributed by atoms with Crippen molar-refractivity contribution in [1.82, 2.24) is 0 Å². The molecule has 4 unspecified atom stereocenters. The maximum absolute atomic E-state index is 13.1. The highest BCUT2D eigenvalue weighted by atomic mass is 31.2. The van der Waals surface area contributed by atoms with Gasteiger partial charge >= 0.3 is 39.5 Å². The molecule has 0 radical (unpaired) electrons. The highest BCUT2D eigenvalue weighted by Crippen LogP contribution is 2.45. The van der Waals surface area contributed by atoms with Gasteiger partial charge in [0.15, 0.2) is 12.2 Å². The predicted molar refractivity (Wildman–Crippen MR) is 372 cm³/mol. The molecule has 0 spiro atoms. The van der Waals surface area contributed by atoms with Crippen molar-refractivity contribution in [2.75, 3.05) is 39.6 Å². The minimum Gasteiger partial charge on any atom is -0.462 e. The molecule has 19 heteroatoms. The molecule has 7 atom stereocenters. The third kappa shape index (κ3) is 64.1. The van der Waals surface area contributed by atoms with Gasteiger partial charge in [-0.2, -0.15) is 0 Å². The first-order valence-corrected chi connectivity index (χ1v) is 40.8. The zero-order chi connectivity index (χ0) is 68.2. The summed E-state index contributed by atoms with van der Waals surface area (Å²) in [5, 5.41) is 10.6. The zero-order valence-corrected chi connectivity index (χ0v) is 62.0. The van der Waals surface area contributed by atoms with E-state index in [4.69, 9.17) is 37.0 Å². The normalized spacial score (nSPS) is 14.8. The third-order valence-electron chi connectivity index (χ3n) is 17.5. The quantitative estimate of drug-likeness (QED) is 0.0222. The molecule has 0 saturated carbocycles. The molecule has 0 amide bonds. The van der Waals surface area contributed by atoms with Gasteiger partial charge in [-0.05, 0) is 49.4 Å².